The van der Waals surface area contributed by atoms with Crippen LogP contribution in [-0.2, 0) is 0 Å². The third kappa shape index (κ3) is 2.84. The highest BCUT2D eigenvalue weighted by atomic mass is 32.1. The minimum Gasteiger partial charge on any atom is -0.338 e. The van der Waals surface area contributed by atoms with Crippen LogP contribution in [0.1, 0.15) is 28.9 Å². The first-order valence-electron chi connectivity index (χ1n) is 8.38. The van der Waals surface area contributed by atoms with Gasteiger partial charge in [-0.2, -0.15) is 0 Å². The van der Waals surface area contributed by atoms with Gasteiger partial charge in [0.25, 0.3) is 5.91 Å². The molecule has 2 aromatic rings. The molecule has 3 heterocycles. The quantitative estimate of drug-likeness (QED) is 0.909. The van der Waals surface area contributed by atoms with Crippen LogP contribution in [0.3, 0.4) is 0 Å². The number of benzene rings is 1. The van der Waals surface area contributed by atoms with Crippen molar-refractivity contribution < 1.29 is 9.18 Å². The van der Waals surface area contributed by atoms with E-state index in [-0.39, 0.29) is 11.7 Å². The second-order valence-corrected chi connectivity index (χ2v) is 7.76. The average molecular weight is 345 g/mol. The minimum absolute atomic E-state index is 0.0240. The van der Waals surface area contributed by atoms with Gasteiger partial charge in [0.1, 0.15) is 15.7 Å². The number of hydrogen-bond acceptors (Lipinski definition) is 4. The normalized spacial score (nSPS) is 19.8. The van der Waals surface area contributed by atoms with Crippen LogP contribution >= 0.6 is 11.3 Å². The molecule has 0 unspecified atom stereocenters. The van der Waals surface area contributed by atoms with E-state index in [1.807, 2.05) is 4.90 Å². The molecule has 6 heteroatoms. The van der Waals surface area contributed by atoms with Gasteiger partial charge in [-0.05, 0) is 43.4 Å². The number of thiazole rings is 1. The lowest BCUT2D eigenvalue weighted by atomic mass is 9.78. The van der Waals surface area contributed by atoms with Gasteiger partial charge < -0.3 is 10.2 Å². The van der Waals surface area contributed by atoms with E-state index < -0.39 is 0 Å². The van der Waals surface area contributed by atoms with Crippen LogP contribution in [0.4, 0.5) is 4.39 Å². The van der Waals surface area contributed by atoms with Crippen LogP contribution in [0.25, 0.3) is 10.6 Å². The van der Waals surface area contributed by atoms with Crippen LogP contribution in [0.2, 0.25) is 0 Å². The van der Waals surface area contributed by atoms with Gasteiger partial charge in [-0.15, -0.1) is 11.3 Å². The molecule has 0 atom stereocenters. The van der Waals surface area contributed by atoms with Crippen molar-refractivity contribution in [3.63, 3.8) is 0 Å². The molecule has 0 saturated carbocycles. The van der Waals surface area contributed by atoms with Gasteiger partial charge in [-0.3, -0.25) is 4.79 Å². The summed E-state index contributed by atoms with van der Waals surface area (Å²) in [6, 6.07) is 6.54. The summed E-state index contributed by atoms with van der Waals surface area (Å²) in [4.78, 5) is 19.5. The Hall–Kier alpha value is -1.79. The predicted molar refractivity (Wildman–Crippen MR) is 92.6 cm³/mol. The lowest BCUT2D eigenvalue weighted by Crippen LogP contribution is -2.43. The number of piperidine rings is 1. The van der Waals surface area contributed by atoms with Gasteiger partial charge in [0, 0.05) is 25.2 Å². The average Bonchev–Trinajstić information content (AvgIpc) is 3.26. The number of nitrogens with one attached hydrogen (secondary N) is 1. The Morgan fingerprint density at radius 1 is 1.25 bits per heavy atom. The lowest BCUT2D eigenvalue weighted by Gasteiger charge is -2.38. The van der Waals surface area contributed by atoms with Crippen LogP contribution < -0.4 is 5.32 Å². The van der Waals surface area contributed by atoms with Crippen molar-refractivity contribution in [1.29, 1.82) is 0 Å². The maximum Gasteiger partial charge on any atom is 0.265 e. The molecule has 126 valence electrons. The molecular weight excluding hydrogens is 325 g/mol. The topological polar surface area (TPSA) is 45.2 Å². The van der Waals surface area contributed by atoms with E-state index in [4.69, 9.17) is 0 Å². The molecule has 0 radical (unpaired) electrons. The number of likely N-dealkylation sites (tertiary alicyclic amines) is 1. The summed E-state index contributed by atoms with van der Waals surface area (Å²) in [7, 11) is 0. The number of hydrogen-bond donors (Lipinski definition) is 1. The lowest BCUT2D eigenvalue weighted by molar-refractivity contribution is 0.0612. The Morgan fingerprint density at radius 3 is 2.75 bits per heavy atom. The number of aromatic nitrogens is 1. The zero-order valence-electron chi connectivity index (χ0n) is 13.4. The van der Waals surface area contributed by atoms with Crippen molar-refractivity contribution in [2.24, 2.45) is 5.41 Å². The molecule has 1 aromatic carbocycles. The van der Waals surface area contributed by atoms with Gasteiger partial charge in [-0.25, -0.2) is 9.37 Å². The zero-order valence-corrected chi connectivity index (χ0v) is 14.2. The Kier molecular flexibility index (Phi) is 4.10. The van der Waals surface area contributed by atoms with Crippen LogP contribution in [0.5, 0.6) is 0 Å². The number of rotatable bonds is 2. The molecule has 0 aliphatic carbocycles. The van der Waals surface area contributed by atoms with Crippen molar-refractivity contribution >= 4 is 17.2 Å². The standard InChI is InChI=1S/C18H20FN3OS/c19-14-4-2-1-3-13(14)16-21-11-15(24-16)17(23)22-9-6-18(7-10-22)5-8-20-12-18/h1-4,11,20H,5-10,12H2. The van der Waals surface area contributed by atoms with E-state index in [0.717, 1.165) is 39.0 Å². The van der Waals surface area contributed by atoms with Crippen LogP contribution in [-0.4, -0.2) is 42.0 Å². The van der Waals surface area contributed by atoms with Crippen molar-refractivity contribution in [2.75, 3.05) is 26.2 Å². The highest BCUT2D eigenvalue weighted by Gasteiger charge is 2.38. The molecule has 4 rings (SSSR count). The molecule has 2 aliphatic heterocycles. The number of carbonyl (C=O) groups is 1. The third-order valence-electron chi connectivity index (χ3n) is 5.26. The second-order valence-electron chi connectivity index (χ2n) is 6.73. The molecule has 4 nitrogen and oxygen atoms in total. The first-order valence-corrected chi connectivity index (χ1v) is 9.19. The van der Waals surface area contributed by atoms with Crippen LogP contribution in [0, 0.1) is 11.2 Å². The van der Waals surface area contributed by atoms with Gasteiger partial charge >= 0.3 is 0 Å². The molecule has 2 fully saturated rings. The Morgan fingerprint density at radius 2 is 2.04 bits per heavy atom. The molecule has 1 aromatic heterocycles. The predicted octanol–water partition coefficient (Wildman–Crippen LogP) is 3.16. The largest absolute Gasteiger partial charge is 0.338 e. The summed E-state index contributed by atoms with van der Waals surface area (Å²) in [6.45, 7) is 3.77. The Balaban J connectivity index is 1.47. The first kappa shape index (κ1) is 15.7. The highest BCUT2D eigenvalue weighted by Crippen LogP contribution is 2.37. The summed E-state index contributed by atoms with van der Waals surface area (Å²) in [5.41, 5.74) is 0.846. The second kappa shape index (κ2) is 6.26. The van der Waals surface area contributed by atoms with E-state index >= 15 is 0 Å². The first-order chi connectivity index (χ1) is 11.7. The maximum absolute atomic E-state index is 13.9. The van der Waals surface area contributed by atoms with Crippen molar-refractivity contribution in [2.45, 2.75) is 19.3 Å². The molecule has 2 saturated heterocycles. The van der Waals surface area contributed by atoms with Gasteiger partial charge in [0.2, 0.25) is 0 Å². The summed E-state index contributed by atoms with van der Waals surface area (Å²) in [5, 5.41) is 4.00. The molecule has 1 N–H and O–H groups in total. The molecule has 0 bridgehead atoms. The number of halogens is 1. The van der Waals surface area contributed by atoms with E-state index in [9.17, 15) is 9.18 Å². The van der Waals surface area contributed by atoms with Crippen molar-refractivity contribution in [3.8, 4) is 10.6 Å². The van der Waals surface area contributed by atoms with E-state index in [2.05, 4.69) is 10.3 Å². The third-order valence-corrected chi connectivity index (χ3v) is 6.28. The minimum atomic E-state index is -0.306. The van der Waals surface area contributed by atoms with E-state index in [1.165, 1.54) is 23.8 Å². The summed E-state index contributed by atoms with van der Waals surface area (Å²) in [6.07, 6.45) is 4.92. The van der Waals surface area contributed by atoms with Crippen LogP contribution in [0.15, 0.2) is 30.5 Å². The molecule has 1 amide bonds. The smallest absolute Gasteiger partial charge is 0.265 e. The fourth-order valence-electron chi connectivity index (χ4n) is 3.69. The Bertz CT molecular complexity index is 744. The van der Waals surface area contributed by atoms with Crippen molar-refractivity contribution in [3.05, 3.63) is 41.2 Å². The fourth-order valence-corrected chi connectivity index (χ4v) is 4.61. The maximum atomic E-state index is 13.9. The monoisotopic (exact) mass is 345 g/mol. The fraction of sp³-hybridized carbons (Fsp3) is 0.444. The highest BCUT2D eigenvalue weighted by molar-refractivity contribution is 7.16. The summed E-state index contributed by atoms with van der Waals surface area (Å²) < 4.78 is 13.9. The Labute approximate surface area is 144 Å². The molecule has 24 heavy (non-hydrogen) atoms. The van der Waals surface area contributed by atoms with Gasteiger partial charge in [-0.1, -0.05) is 12.1 Å². The number of amides is 1. The summed E-state index contributed by atoms with van der Waals surface area (Å²) >= 11 is 1.27. The zero-order chi connectivity index (χ0) is 16.6. The number of carbonyl (C=O) groups excluding carboxylic acids is 1. The van der Waals surface area contributed by atoms with Crippen molar-refractivity contribution in [1.82, 2.24) is 15.2 Å². The van der Waals surface area contributed by atoms with Gasteiger partial charge in [0.05, 0.1) is 6.20 Å². The van der Waals surface area contributed by atoms with E-state index in [1.54, 1.807) is 24.4 Å². The summed E-state index contributed by atoms with van der Waals surface area (Å²) in [5.74, 6) is -0.282. The van der Waals surface area contributed by atoms with Gasteiger partial charge in [0.15, 0.2) is 0 Å². The molecule has 2 aliphatic rings. The molecule has 1 spiro atoms. The van der Waals surface area contributed by atoms with E-state index in [0.29, 0.717) is 20.9 Å². The molecular formula is C18H20FN3OS. The SMILES string of the molecule is O=C(c1cnc(-c2ccccc2F)s1)N1CCC2(CCNC2)CC1. The number of nitrogens with zero attached hydrogens (tertiary/aromatic N) is 2.